The summed E-state index contributed by atoms with van der Waals surface area (Å²) in [5, 5.41) is 7.35. The van der Waals surface area contributed by atoms with Gasteiger partial charge < -0.3 is 24.7 Å². The van der Waals surface area contributed by atoms with Crippen molar-refractivity contribution < 1.29 is 101 Å². The molecule has 0 aromatic carbocycles. The van der Waals surface area contributed by atoms with Gasteiger partial charge in [-0.25, -0.2) is 23.1 Å². The zero-order chi connectivity index (χ0) is 42.3. The Hall–Kier alpha value is 0.374. The summed E-state index contributed by atoms with van der Waals surface area (Å²) in [5.41, 5.74) is 0. The second-order valence-corrected chi connectivity index (χ2v) is 19.0. The van der Waals surface area contributed by atoms with Crippen LogP contribution in [-0.4, -0.2) is 63.4 Å². The standard InChI is InChI=1S/2C16H36O7P2.C2H2O3.Ti/c2*1-3-5-7-9-11-13-15-21-24(17,18)23-25(19,20)22-16-14-12-10-8-6-4-2;3-1-2(4)5;/h2*3-16H2,1-2H3,(H,17,18)(H,19,20);1H,(H,4,5);. The van der Waals surface area contributed by atoms with Crippen LogP contribution in [-0.2, 0) is 76.3 Å². The van der Waals surface area contributed by atoms with Crippen molar-refractivity contribution in [1.82, 2.24) is 0 Å². The number of carbonyl (C=O) groups is 2. The van der Waals surface area contributed by atoms with Crippen molar-refractivity contribution in [1.29, 1.82) is 0 Å². The zero-order valence-electron chi connectivity index (χ0n) is 34.3. The van der Waals surface area contributed by atoms with Gasteiger partial charge in [0.2, 0.25) is 6.29 Å². The number of phosphoric ester groups is 4. The first kappa shape index (κ1) is 63.0. The molecule has 0 rings (SSSR count). The van der Waals surface area contributed by atoms with Gasteiger partial charge in [0.25, 0.3) is 0 Å². The van der Waals surface area contributed by atoms with E-state index in [1.54, 1.807) is 0 Å². The van der Waals surface area contributed by atoms with Gasteiger partial charge in [-0.2, -0.15) is 8.62 Å². The molecule has 0 aromatic rings. The average molecular weight is 927 g/mol. The third-order valence-electron chi connectivity index (χ3n) is 7.52. The molecule has 0 amide bonds. The number of aldehydes is 1. The summed E-state index contributed by atoms with van der Waals surface area (Å²) in [6.07, 6.45) is 23.7. The van der Waals surface area contributed by atoms with Gasteiger partial charge in [-0.05, 0) is 25.7 Å². The minimum atomic E-state index is -4.58. The molecule has 0 heterocycles. The minimum Gasteiger partial charge on any atom is -0.476 e. The van der Waals surface area contributed by atoms with E-state index in [0.29, 0.717) is 25.7 Å². The topological polar surface area (TPSA) is 259 Å². The van der Waals surface area contributed by atoms with E-state index in [1.807, 2.05) is 0 Å². The van der Waals surface area contributed by atoms with E-state index in [-0.39, 0.29) is 54.4 Å². The maximum Gasteiger partial charge on any atom is 0.481 e. The van der Waals surface area contributed by atoms with Crippen LogP contribution in [0.3, 0.4) is 0 Å². The van der Waals surface area contributed by atoms with Gasteiger partial charge in [0, 0.05) is 21.7 Å². The summed E-state index contributed by atoms with van der Waals surface area (Å²) in [6, 6.07) is 0. The van der Waals surface area contributed by atoms with Crippen molar-refractivity contribution in [2.75, 3.05) is 26.4 Å². The van der Waals surface area contributed by atoms with Gasteiger partial charge >= 0.3 is 37.3 Å². The molecule has 0 radical (unpaired) electrons. The Balaban J connectivity index is -0.000000423. The average Bonchev–Trinajstić information content (AvgIpc) is 3.09. The van der Waals surface area contributed by atoms with E-state index in [9.17, 15) is 37.8 Å². The number of phosphoric acid groups is 4. The maximum absolute atomic E-state index is 11.7. The summed E-state index contributed by atoms with van der Waals surface area (Å²) in [6.45, 7) is 8.56. The van der Waals surface area contributed by atoms with Crippen molar-refractivity contribution in [2.45, 2.75) is 182 Å². The van der Waals surface area contributed by atoms with E-state index in [1.165, 1.54) is 25.7 Å². The van der Waals surface area contributed by atoms with E-state index in [0.717, 1.165) is 103 Å². The molecule has 0 aliphatic carbocycles. The monoisotopic (exact) mass is 926 g/mol. The van der Waals surface area contributed by atoms with Crippen molar-refractivity contribution in [2.24, 2.45) is 0 Å². The van der Waals surface area contributed by atoms with E-state index in [2.05, 4.69) is 36.3 Å². The molecule has 17 nitrogen and oxygen atoms in total. The van der Waals surface area contributed by atoms with E-state index < -0.39 is 37.3 Å². The number of carboxylic acid groups (broad SMARTS) is 1. The Kier molecular flexibility index (Phi) is 47.4. The smallest absolute Gasteiger partial charge is 0.476 e. The molecular weight excluding hydrogens is 852 g/mol. The van der Waals surface area contributed by atoms with Crippen LogP contribution in [0.2, 0.25) is 0 Å². The third kappa shape index (κ3) is 52.4. The van der Waals surface area contributed by atoms with Crippen LogP contribution in [0.25, 0.3) is 0 Å². The molecule has 5 N–H and O–H groups in total. The molecule has 4 atom stereocenters. The van der Waals surface area contributed by atoms with Gasteiger partial charge in [-0.15, -0.1) is 0 Å². The Morgan fingerprint density at radius 2 is 0.571 bits per heavy atom. The van der Waals surface area contributed by atoms with Crippen LogP contribution in [0.5, 0.6) is 0 Å². The fourth-order valence-electron chi connectivity index (χ4n) is 4.60. The fourth-order valence-corrected chi connectivity index (χ4v) is 8.88. The molecule has 0 saturated carbocycles. The number of unbranched alkanes of at least 4 members (excludes halogenated alkanes) is 20. The molecule has 4 unspecified atom stereocenters. The summed E-state index contributed by atoms with van der Waals surface area (Å²) < 4.78 is 74.2. The van der Waals surface area contributed by atoms with Gasteiger partial charge in [-0.1, -0.05) is 156 Å². The molecule has 0 saturated heterocycles. The number of rotatable bonds is 37. The molecule has 0 spiro atoms. The molecule has 336 valence electrons. The number of hydrogen-bond acceptors (Lipinski definition) is 12. The normalized spacial score (nSPS) is 15.3. The summed E-state index contributed by atoms with van der Waals surface area (Å²) in [7, 11) is -18.3. The number of hydrogen-bond donors (Lipinski definition) is 5. The van der Waals surface area contributed by atoms with Gasteiger partial charge in [0.1, 0.15) is 0 Å². The Morgan fingerprint density at radius 3 is 0.732 bits per heavy atom. The van der Waals surface area contributed by atoms with E-state index >= 15 is 0 Å². The van der Waals surface area contributed by atoms with Crippen LogP contribution < -0.4 is 0 Å². The largest absolute Gasteiger partial charge is 0.481 e. The second kappa shape index (κ2) is 42.1. The minimum absolute atomic E-state index is 0. The summed E-state index contributed by atoms with van der Waals surface area (Å²) in [4.78, 5) is 55.9. The van der Waals surface area contributed by atoms with Crippen molar-refractivity contribution in [3.8, 4) is 0 Å². The molecule has 0 fully saturated rings. The first-order valence-electron chi connectivity index (χ1n) is 19.9. The van der Waals surface area contributed by atoms with Crippen molar-refractivity contribution >= 4 is 43.5 Å². The molecule has 22 heteroatoms. The van der Waals surface area contributed by atoms with Gasteiger partial charge in [0.15, 0.2) is 0 Å². The Labute approximate surface area is 351 Å². The van der Waals surface area contributed by atoms with Crippen molar-refractivity contribution in [3.05, 3.63) is 0 Å². The zero-order valence-corrected chi connectivity index (χ0v) is 39.4. The van der Waals surface area contributed by atoms with Crippen molar-refractivity contribution in [3.63, 3.8) is 0 Å². The maximum atomic E-state index is 11.7. The summed E-state index contributed by atoms with van der Waals surface area (Å²) >= 11 is 0. The Morgan fingerprint density at radius 1 is 0.411 bits per heavy atom. The van der Waals surface area contributed by atoms with Gasteiger partial charge in [-0.3, -0.25) is 22.9 Å². The number of carbonyl (C=O) groups excluding carboxylic acids is 1. The molecule has 0 bridgehead atoms. The van der Waals surface area contributed by atoms with Crippen LogP contribution in [0.15, 0.2) is 0 Å². The summed E-state index contributed by atoms with van der Waals surface area (Å²) in [5.74, 6) is -1.43. The van der Waals surface area contributed by atoms with Crippen LogP contribution in [0.4, 0.5) is 0 Å². The van der Waals surface area contributed by atoms with Crippen LogP contribution >= 0.6 is 31.3 Å². The predicted octanol–water partition coefficient (Wildman–Crippen LogP) is 11.2. The fraction of sp³-hybridized carbons (Fsp3) is 0.941. The second-order valence-electron chi connectivity index (χ2n) is 12.9. The number of aliphatic carboxylic acids is 1. The third-order valence-corrected chi connectivity index (χ3v) is 12.9. The molecule has 0 aliphatic heterocycles. The first-order valence-corrected chi connectivity index (χ1v) is 25.9. The molecular formula is C34H74O17P4Ti. The van der Waals surface area contributed by atoms with Crippen LogP contribution in [0, 0.1) is 0 Å². The quantitative estimate of drug-likeness (QED) is 0.0127. The number of carboxylic acids is 1. The van der Waals surface area contributed by atoms with Gasteiger partial charge in [0.05, 0.1) is 26.4 Å². The first-order chi connectivity index (χ1) is 25.9. The predicted molar refractivity (Wildman–Crippen MR) is 212 cm³/mol. The molecule has 56 heavy (non-hydrogen) atoms. The van der Waals surface area contributed by atoms with E-state index in [4.69, 9.17) is 32.8 Å². The van der Waals surface area contributed by atoms with Crippen LogP contribution in [0.1, 0.15) is 182 Å². The molecule has 0 aromatic heterocycles. The molecule has 0 aliphatic rings. The SMILES string of the molecule is CCCCCCCCOP(=O)(O)OP(=O)(O)OCCCCCCCC.CCCCCCCCOP(=O)(O)OP(=O)(O)OCCCCCCCC.O=CC(=O)O.[Ti]. The Bertz CT molecular complexity index is 957.